The second-order valence-electron chi connectivity index (χ2n) is 8.48. The summed E-state index contributed by atoms with van der Waals surface area (Å²) < 4.78 is 23.0. The Kier molecular flexibility index (Phi) is 6.88. The van der Waals surface area contributed by atoms with Crippen LogP contribution in [0.4, 0.5) is 5.82 Å². The smallest absolute Gasteiger partial charge is 0.238 e. The molecule has 8 heteroatoms. The van der Waals surface area contributed by atoms with Gasteiger partial charge in [0.1, 0.15) is 17.8 Å². The molecule has 0 aliphatic heterocycles. The van der Waals surface area contributed by atoms with Gasteiger partial charge in [0.25, 0.3) is 0 Å². The van der Waals surface area contributed by atoms with Gasteiger partial charge in [-0.25, -0.2) is 23.5 Å². The van der Waals surface area contributed by atoms with E-state index in [0.29, 0.717) is 23.2 Å². The molecule has 1 fully saturated rings. The van der Waals surface area contributed by atoms with Crippen molar-refractivity contribution in [2.75, 3.05) is 11.4 Å². The summed E-state index contributed by atoms with van der Waals surface area (Å²) in [6.45, 7) is 7.03. The van der Waals surface area contributed by atoms with E-state index in [1.165, 1.54) is 31.3 Å². The minimum Gasteiger partial charge on any atom is -0.353 e. The van der Waals surface area contributed by atoms with Gasteiger partial charge < -0.3 is 4.90 Å². The van der Waals surface area contributed by atoms with Gasteiger partial charge in [0, 0.05) is 25.1 Å². The molecule has 3 rings (SSSR count). The summed E-state index contributed by atoms with van der Waals surface area (Å²) in [6, 6.07) is 6.81. The minimum atomic E-state index is -3.77. The van der Waals surface area contributed by atoms with Crippen molar-refractivity contribution in [2.24, 2.45) is 11.1 Å². The van der Waals surface area contributed by atoms with Crippen LogP contribution >= 0.6 is 0 Å². The first-order valence-electron chi connectivity index (χ1n) is 10.4. The number of aryl methyl sites for hydroxylation is 1. The highest BCUT2D eigenvalue weighted by Crippen LogP contribution is 2.28. The first-order valence-corrected chi connectivity index (χ1v) is 11.9. The van der Waals surface area contributed by atoms with Crippen LogP contribution in [-0.2, 0) is 16.4 Å². The van der Waals surface area contributed by atoms with E-state index >= 15 is 0 Å². The maximum Gasteiger partial charge on any atom is 0.238 e. The van der Waals surface area contributed by atoms with Crippen molar-refractivity contribution in [2.45, 2.75) is 63.8 Å². The number of hydrogen-bond acceptors (Lipinski definition) is 6. The number of primary sulfonamides is 1. The normalized spacial score (nSPS) is 15.0. The summed E-state index contributed by atoms with van der Waals surface area (Å²) in [4.78, 5) is 24.0. The van der Waals surface area contributed by atoms with Crippen LogP contribution in [0.15, 0.2) is 35.5 Å². The summed E-state index contributed by atoms with van der Waals surface area (Å²) in [5.41, 5.74) is 1.83. The van der Waals surface area contributed by atoms with Crippen LogP contribution in [0.3, 0.4) is 0 Å². The highest BCUT2D eigenvalue weighted by molar-refractivity contribution is 7.89. The fraction of sp³-hybridized carbons (Fsp3) is 0.500. The van der Waals surface area contributed by atoms with Crippen molar-refractivity contribution in [1.29, 1.82) is 0 Å². The second-order valence-corrected chi connectivity index (χ2v) is 10.0. The van der Waals surface area contributed by atoms with Crippen LogP contribution in [0.1, 0.15) is 61.1 Å². The van der Waals surface area contributed by atoms with Crippen LogP contribution in [-0.4, -0.2) is 36.8 Å². The van der Waals surface area contributed by atoms with Crippen molar-refractivity contribution in [3.8, 4) is 0 Å². The molecule has 0 spiro atoms. The van der Waals surface area contributed by atoms with Crippen LogP contribution in [0.25, 0.3) is 0 Å². The van der Waals surface area contributed by atoms with Gasteiger partial charge in [-0.2, -0.15) is 0 Å². The van der Waals surface area contributed by atoms with Crippen LogP contribution in [0.2, 0.25) is 0 Å². The van der Waals surface area contributed by atoms with Gasteiger partial charge in [0.05, 0.1) is 4.90 Å². The number of hydrogen-bond donors (Lipinski definition) is 1. The molecule has 0 radical (unpaired) electrons. The van der Waals surface area contributed by atoms with E-state index in [-0.39, 0.29) is 17.1 Å². The highest BCUT2D eigenvalue weighted by Gasteiger charge is 2.25. The summed E-state index contributed by atoms with van der Waals surface area (Å²) >= 11 is 0. The molecular weight excluding hydrogens is 400 g/mol. The molecule has 0 saturated heterocycles. The van der Waals surface area contributed by atoms with Crippen LogP contribution in [0, 0.1) is 12.8 Å². The maximum absolute atomic E-state index is 12.9. The summed E-state index contributed by atoms with van der Waals surface area (Å²) in [5.74, 6) is 1.16. The SMILES string of the molecule is Cc1cc(S(N)(=O)=O)ccc1CC(=O)c1cc(N(CC(C)C)C2CCCC2)ncn1. The van der Waals surface area contributed by atoms with E-state index in [2.05, 4.69) is 28.7 Å². The van der Waals surface area contributed by atoms with Crippen molar-refractivity contribution < 1.29 is 13.2 Å². The molecule has 0 unspecified atom stereocenters. The third-order valence-electron chi connectivity index (χ3n) is 5.55. The Bertz CT molecular complexity index is 1010. The molecule has 1 aliphatic carbocycles. The first-order chi connectivity index (χ1) is 14.1. The summed E-state index contributed by atoms with van der Waals surface area (Å²) in [7, 11) is -3.77. The second kappa shape index (κ2) is 9.22. The molecular formula is C22H30N4O3S. The van der Waals surface area contributed by atoms with Gasteiger partial charge in [-0.1, -0.05) is 32.8 Å². The Morgan fingerprint density at radius 1 is 1.20 bits per heavy atom. The Morgan fingerprint density at radius 2 is 1.90 bits per heavy atom. The quantitative estimate of drug-likeness (QED) is 0.644. The topological polar surface area (TPSA) is 106 Å². The zero-order chi connectivity index (χ0) is 21.9. The average molecular weight is 431 g/mol. The number of nitrogens with two attached hydrogens (primary N) is 1. The number of carbonyl (C=O) groups excluding carboxylic acids is 1. The van der Waals surface area contributed by atoms with Crippen molar-refractivity contribution in [1.82, 2.24) is 9.97 Å². The van der Waals surface area contributed by atoms with E-state index in [0.717, 1.165) is 30.8 Å². The molecule has 0 bridgehead atoms. The highest BCUT2D eigenvalue weighted by atomic mass is 32.2. The van der Waals surface area contributed by atoms with E-state index in [1.54, 1.807) is 19.1 Å². The lowest BCUT2D eigenvalue weighted by Crippen LogP contribution is -2.37. The lowest BCUT2D eigenvalue weighted by Gasteiger charge is -2.31. The standard InChI is InChI=1S/C22H30N4O3S/c1-15(2)13-26(18-6-4-5-7-18)22-12-20(24-14-25-22)21(27)11-17-8-9-19(10-16(17)3)30(23,28)29/h8-10,12,14-15,18H,4-7,11,13H2,1-3H3,(H2,23,28,29). The van der Waals surface area contributed by atoms with E-state index in [9.17, 15) is 13.2 Å². The number of benzene rings is 1. The molecule has 1 aliphatic rings. The van der Waals surface area contributed by atoms with Crippen molar-refractivity contribution in [3.05, 3.63) is 47.4 Å². The Labute approximate surface area is 178 Å². The number of nitrogens with zero attached hydrogens (tertiary/aromatic N) is 3. The fourth-order valence-electron chi connectivity index (χ4n) is 4.00. The average Bonchev–Trinajstić information content (AvgIpc) is 3.21. The van der Waals surface area contributed by atoms with Gasteiger partial charge in [0.2, 0.25) is 10.0 Å². The minimum absolute atomic E-state index is 0.0430. The molecule has 30 heavy (non-hydrogen) atoms. The molecule has 1 heterocycles. The summed E-state index contributed by atoms with van der Waals surface area (Å²) in [6.07, 6.45) is 6.35. The van der Waals surface area contributed by atoms with Crippen LogP contribution in [0.5, 0.6) is 0 Å². The number of anilines is 1. The predicted molar refractivity (Wildman–Crippen MR) is 117 cm³/mol. The molecule has 0 atom stereocenters. The molecule has 7 nitrogen and oxygen atoms in total. The zero-order valence-electron chi connectivity index (χ0n) is 17.8. The molecule has 2 N–H and O–H groups in total. The molecule has 2 aromatic rings. The van der Waals surface area contributed by atoms with E-state index in [1.807, 2.05) is 0 Å². The largest absolute Gasteiger partial charge is 0.353 e. The molecule has 162 valence electrons. The molecule has 1 saturated carbocycles. The van der Waals surface area contributed by atoms with Crippen LogP contribution < -0.4 is 10.0 Å². The third-order valence-corrected chi connectivity index (χ3v) is 6.46. The number of ketones is 1. The third kappa shape index (κ3) is 5.43. The zero-order valence-corrected chi connectivity index (χ0v) is 18.7. The number of sulfonamides is 1. The monoisotopic (exact) mass is 430 g/mol. The predicted octanol–water partition coefficient (Wildman–Crippen LogP) is 3.26. The fourth-order valence-corrected chi connectivity index (χ4v) is 4.60. The van der Waals surface area contributed by atoms with Gasteiger partial charge in [-0.3, -0.25) is 4.79 Å². The van der Waals surface area contributed by atoms with Gasteiger partial charge in [-0.05, 0) is 48.9 Å². The Balaban J connectivity index is 1.82. The lowest BCUT2D eigenvalue weighted by molar-refractivity contribution is 0.0988. The van der Waals surface area contributed by atoms with Crippen molar-refractivity contribution in [3.63, 3.8) is 0 Å². The van der Waals surface area contributed by atoms with Gasteiger partial charge in [0.15, 0.2) is 5.78 Å². The maximum atomic E-state index is 12.9. The number of aromatic nitrogens is 2. The van der Waals surface area contributed by atoms with E-state index < -0.39 is 10.0 Å². The van der Waals surface area contributed by atoms with Gasteiger partial charge in [-0.15, -0.1) is 0 Å². The lowest BCUT2D eigenvalue weighted by atomic mass is 10.0. The van der Waals surface area contributed by atoms with Crippen molar-refractivity contribution >= 4 is 21.6 Å². The number of rotatable bonds is 8. The Morgan fingerprint density at radius 3 is 2.50 bits per heavy atom. The molecule has 1 aromatic carbocycles. The Hall–Kier alpha value is -2.32. The van der Waals surface area contributed by atoms with E-state index in [4.69, 9.17) is 5.14 Å². The van der Waals surface area contributed by atoms with Gasteiger partial charge >= 0.3 is 0 Å². The molecule has 0 amide bonds. The first kappa shape index (κ1) is 22.4. The number of Topliss-reactive ketones (excluding diaryl/α,β-unsaturated/α-hetero) is 1. The number of carbonyl (C=O) groups is 1. The summed E-state index contributed by atoms with van der Waals surface area (Å²) in [5, 5.41) is 5.18. The molecule has 1 aromatic heterocycles.